The van der Waals surface area contributed by atoms with E-state index in [1.807, 2.05) is 12.1 Å². The summed E-state index contributed by atoms with van der Waals surface area (Å²) in [6.07, 6.45) is 3.67. The molecule has 3 N–H and O–H groups in total. The van der Waals surface area contributed by atoms with Gasteiger partial charge in [-0.25, -0.2) is 0 Å². The van der Waals surface area contributed by atoms with Crippen molar-refractivity contribution >= 4 is 23.1 Å². The van der Waals surface area contributed by atoms with E-state index in [0.29, 0.717) is 5.02 Å². The Morgan fingerprint density at radius 1 is 1.44 bits per heavy atom. The van der Waals surface area contributed by atoms with Gasteiger partial charge in [0.2, 0.25) is 0 Å². The maximum absolute atomic E-state index is 7.65. The standard InChI is InChI=1S/C14H20ClN3/c1-2-10-5-7-18(8-6-10)13-9-11(15)3-4-12(13)14(16)17/h3-4,9-10H,2,5-8H2,1H3,(H3,16,17). The third kappa shape index (κ3) is 2.78. The lowest BCUT2D eigenvalue weighted by atomic mass is 9.93. The lowest BCUT2D eigenvalue weighted by molar-refractivity contribution is 0.395. The molecule has 1 aliphatic rings. The lowest BCUT2D eigenvalue weighted by Gasteiger charge is -2.34. The Labute approximate surface area is 113 Å². The van der Waals surface area contributed by atoms with Gasteiger partial charge in [-0.2, -0.15) is 0 Å². The van der Waals surface area contributed by atoms with Crippen molar-refractivity contribution in [2.75, 3.05) is 18.0 Å². The number of piperidine rings is 1. The molecular weight excluding hydrogens is 246 g/mol. The molecule has 1 aliphatic heterocycles. The van der Waals surface area contributed by atoms with Gasteiger partial charge in [-0.1, -0.05) is 24.9 Å². The first-order chi connectivity index (χ1) is 8.61. The molecule has 1 aromatic carbocycles. The highest BCUT2D eigenvalue weighted by atomic mass is 35.5. The van der Waals surface area contributed by atoms with Gasteiger partial charge in [-0.15, -0.1) is 0 Å². The highest BCUT2D eigenvalue weighted by molar-refractivity contribution is 6.31. The molecule has 0 aliphatic carbocycles. The minimum absolute atomic E-state index is 0.110. The van der Waals surface area contributed by atoms with Crippen LogP contribution in [0.15, 0.2) is 18.2 Å². The van der Waals surface area contributed by atoms with Crippen molar-refractivity contribution in [3.05, 3.63) is 28.8 Å². The third-order valence-corrected chi connectivity index (χ3v) is 4.02. The largest absolute Gasteiger partial charge is 0.384 e. The Kier molecular flexibility index (Phi) is 4.12. The van der Waals surface area contributed by atoms with Gasteiger partial charge < -0.3 is 10.6 Å². The fourth-order valence-electron chi connectivity index (χ4n) is 2.58. The fraction of sp³-hybridized carbons (Fsp3) is 0.500. The van der Waals surface area contributed by atoms with Crippen LogP contribution in [0, 0.1) is 11.3 Å². The predicted molar refractivity (Wildman–Crippen MR) is 77.7 cm³/mol. The molecule has 1 aromatic rings. The van der Waals surface area contributed by atoms with Crippen molar-refractivity contribution < 1.29 is 0 Å². The molecular formula is C14H20ClN3. The van der Waals surface area contributed by atoms with Crippen molar-refractivity contribution in [2.24, 2.45) is 11.7 Å². The summed E-state index contributed by atoms with van der Waals surface area (Å²) in [5.41, 5.74) is 7.43. The molecule has 18 heavy (non-hydrogen) atoms. The molecule has 0 atom stereocenters. The quantitative estimate of drug-likeness (QED) is 0.651. The van der Waals surface area contributed by atoms with E-state index in [1.54, 1.807) is 6.07 Å². The minimum Gasteiger partial charge on any atom is -0.384 e. The summed E-state index contributed by atoms with van der Waals surface area (Å²) in [5, 5.41) is 8.35. The normalized spacial score (nSPS) is 16.9. The number of nitrogens with zero attached hydrogens (tertiary/aromatic N) is 1. The highest BCUT2D eigenvalue weighted by Crippen LogP contribution is 2.29. The summed E-state index contributed by atoms with van der Waals surface area (Å²) in [6.45, 7) is 4.30. The zero-order chi connectivity index (χ0) is 13.1. The summed E-state index contributed by atoms with van der Waals surface area (Å²) < 4.78 is 0. The number of benzene rings is 1. The number of nitrogen functional groups attached to an aromatic ring is 1. The SMILES string of the molecule is CCC1CCN(c2cc(Cl)ccc2C(=N)N)CC1. The van der Waals surface area contributed by atoms with E-state index >= 15 is 0 Å². The van der Waals surface area contributed by atoms with Gasteiger partial charge in [0.25, 0.3) is 0 Å². The smallest absolute Gasteiger partial charge is 0.124 e. The molecule has 98 valence electrons. The average molecular weight is 266 g/mol. The van der Waals surface area contributed by atoms with Gasteiger partial charge in [-0.3, -0.25) is 5.41 Å². The second-order valence-corrected chi connectivity index (χ2v) is 5.35. The molecule has 1 saturated heterocycles. The fourth-order valence-corrected chi connectivity index (χ4v) is 2.74. The third-order valence-electron chi connectivity index (χ3n) is 3.78. The minimum atomic E-state index is 0.110. The van der Waals surface area contributed by atoms with Crippen LogP contribution in [0.4, 0.5) is 5.69 Å². The van der Waals surface area contributed by atoms with Crippen molar-refractivity contribution in [3.63, 3.8) is 0 Å². The summed E-state index contributed by atoms with van der Waals surface area (Å²) in [7, 11) is 0. The van der Waals surface area contributed by atoms with Crippen LogP contribution in [0.5, 0.6) is 0 Å². The number of nitrogens with two attached hydrogens (primary N) is 1. The van der Waals surface area contributed by atoms with E-state index in [9.17, 15) is 0 Å². The number of amidine groups is 1. The van der Waals surface area contributed by atoms with Crippen LogP contribution in [0.3, 0.4) is 0 Å². The van der Waals surface area contributed by atoms with Crippen LogP contribution < -0.4 is 10.6 Å². The molecule has 1 fully saturated rings. The van der Waals surface area contributed by atoms with Gasteiger partial charge in [0, 0.05) is 29.4 Å². The molecule has 1 heterocycles. The van der Waals surface area contributed by atoms with Crippen molar-refractivity contribution in [1.29, 1.82) is 5.41 Å². The van der Waals surface area contributed by atoms with Crippen LogP contribution in [-0.4, -0.2) is 18.9 Å². The van der Waals surface area contributed by atoms with Crippen molar-refractivity contribution in [2.45, 2.75) is 26.2 Å². The van der Waals surface area contributed by atoms with E-state index < -0.39 is 0 Å². The molecule has 2 rings (SSSR count). The monoisotopic (exact) mass is 265 g/mol. The van der Waals surface area contributed by atoms with Crippen LogP contribution in [0.2, 0.25) is 5.02 Å². The first kappa shape index (κ1) is 13.2. The summed E-state index contributed by atoms with van der Waals surface area (Å²) >= 11 is 6.06. The molecule has 0 saturated carbocycles. The Hall–Kier alpha value is -1.22. The Morgan fingerprint density at radius 2 is 2.11 bits per heavy atom. The van der Waals surface area contributed by atoms with Gasteiger partial charge >= 0.3 is 0 Å². The molecule has 0 spiro atoms. The molecule has 0 amide bonds. The molecule has 3 nitrogen and oxygen atoms in total. The Balaban J connectivity index is 2.22. The average Bonchev–Trinajstić information content (AvgIpc) is 2.38. The van der Waals surface area contributed by atoms with E-state index in [4.69, 9.17) is 22.7 Å². The zero-order valence-electron chi connectivity index (χ0n) is 10.7. The van der Waals surface area contributed by atoms with Crippen LogP contribution in [-0.2, 0) is 0 Å². The number of rotatable bonds is 3. The topological polar surface area (TPSA) is 53.1 Å². The van der Waals surface area contributed by atoms with Gasteiger partial charge in [0.05, 0.1) is 0 Å². The maximum atomic E-state index is 7.65. The second-order valence-electron chi connectivity index (χ2n) is 4.91. The maximum Gasteiger partial charge on any atom is 0.124 e. The number of nitrogens with one attached hydrogen (secondary N) is 1. The van der Waals surface area contributed by atoms with Gasteiger partial charge in [-0.05, 0) is 37.0 Å². The first-order valence-corrected chi connectivity index (χ1v) is 6.88. The predicted octanol–water partition coefficient (Wildman–Crippen LogP) is 3.25. The van der Waals surface area contributed by atoms with Crippen LogP contribution in [0.1, 0.15) is 31.7 Å². The molecule has 4 heteroatoms. The van der Waals surface area contributed by atoms with E-state index in [0.717, 1.165) is 30.3 Å². The van der Waals surface area contributed by atoms with Crippen LogP contribution in [0.25, 0.3) is 0 Å². The van der Waals surface area contributed by atoms with Crippen molar-refractivity contribution in [1.82, 2.24) is 0 Å². The van der Waals surface area contributed by atoms with Crippen LogP contribution >= 0.6 is 11.6 Å². The number of halogens is 1. The summed E-state index contributed by atoms with van der Waals surface area (Å²) in [5.74, 6) is 0.945. The highest BCUT2D eigenvalue weighted by Gasteiger charge is 2.20. The lowest BCUT2D eigenvalue weighted by Crippen LogP contribution is -2.35. The Morgan fingerprint density at radius 3 is 2.67 bits per heavy atom. The molecule has 0 bridgehead atoms. The zero-order valence-corrected chi connectivity index (χ0v) is 11.5. The Bertz CT molecular complexity index is 437. The summed E-state index contributed by atoms with van der Waals surface area (Å²) in [6, 6.07) is 5.55. The van der Waals surface area contributed by atoms with E-state index in [-0.39, 0.29) is 5.84 Å². The number of hydrogen-bond donors (Lipinski definition) is 2. The van der Waals surface area contributed by atoms with Gasteiger partial charge in [0.15, 0.2) is 0 Å². The summed E-state index contributed by atoms with van der Waals surface area (Å²) in [4.78, 5) is 2.30. The first-order valence-electron chi connectivity index (χ1n) is 6.50. The van der Waals surface area contributed by atoms with Gasteiger partial charge in [0.1, 0.15) is 5.84 Å². The van der Waals surface area contributed by atoms with Crippen molar-refractivity contribution in [3.8, 4) is 0 Å². The van der Waals surface area contributed by atoms with E-state index in [1.165, 1.54) is 19.3 Å². The second kappa shape index (κ2) is 5.61. The molecule has 0 unspecified atom stereocenters. The molecule has 0 aromatic heterocycles. The van der Waals surface area contributed by atoms with E-state index in [2.05, 4.69) is 11.8 Å². The number of hydrogen-bond acceptors (Lipinski definition) is 2. The molecule has 0 radical (unpaired) electrons. The number of anilines is 1.